The van der Waals surface area contributed by atoms with Crippen LogP contribution in [0.1, 0.15) is 40.2 Å². The Bertz CT molecular complexity index is 388. The number of rotatable bonds is 7. The number of nitrogens with one attached hydrogen (secondary N) is 1. The molecule has 0 fully saturated rings. The number of hydrogen-bond donors (Lipinski definition) is 1. The van der Waals surface area contributed by atoms with Gasteiger partial charge < -0.3 is 10.2 Å². The van der Waals surface area contributed by atoms with Crippen LogP contribution in [0.5, 0.6) is 0 Å². The number of anilines is 1. The van der Waals surface area contributed by atoms with Crippen molar-refractivity contribution in [2.24, 2.45) is 5.92 Å². The molecule has 1 N–H and O–H groups in total. The van der Waals surface area contributed by atoms with E-state index in [0.717, 1.165) is 24.7 Å². The van der Waals surface area contributed by atoms with Crippen molar-refractivity contribution in [2.45, 2.75) is 47.2 Å². The molecule has 0 aliphatic carbocycles. The van der Waals surface area contributed by atoms with Gasteiger partial charge in [-0.15, -0.1) is 0 Å². The lowest BCUT2D eigenvalue weighted by Crippen LogP contribution is -2.34. The topological polar surface area (TPSA) is 15.3 Å². The first-order chi connectivity index (χ1) is 8.95. The predicted octanol–water partition coefficient (Wildman–Crippen LogP) is 4.32. The monoisotopic (exact) mass is 282 g/mol. The largest absolute Gasteiger partial charge is 0.369 e. The highest BCUT2D eigenvalue weighted by Crippen LogP contribution is 2.25. The Kier molecular flexibility index (Phi) is 6.67. The van der Waals surface area contributed by atoms with Crippen molar-refractivity contribution in [3.05, 3.63) is 28.8 Å². The lowest BCUT2D eigenvalue weighted by atomic mass is 10.1. The van der Waals surface area contributed by atoms with E-state index < -0.39 is 0 Å². The van der Waals surface area contributed by atoms with Crippen molar-refractivity contribution in [1.29, 1.82) is 0 Å². The van der Waals surface area contributed by atoms with E-state index in [0.29, 0.717) is 12.0 Å². The van der Waals surface area contributed by atoms with Gasteiger partial charge in [-0.25, -0.2) is 0 Å². The maximum Gasteiger partial charge on any atom is 0.0471 e. The normalized spacial score (nSPS) is 11.4. The van der Waals surface area contributed by atoms with Crippen LogP contribution in [0.3, 0.4) is 0 Å². The summed E-state index contributed by atoms with van der Waals surface area (Å²) in [5.41, 5.74) is 2.38. The molecule has 1 aromatic carbocycles. The molecule has 1 rings (SSSR count). The zero-order chi connectivity index (χ0) is 14.4. The summed E-state index contributed by atoms with van der Waals surface area (Å²) in [6.07, 6.45) is 0. The smallest absolute Gasteiger partial charge is 0.0471 e. The van der Waals surface area contributed by atoms with E-state index in [1.54, 1.807) is 0 Å². The van der Waals surface area contributed by atoms with Crippen LogP contribution in [0.4, 0.5) is 5.69 Å². The van der Waals surface area contributed by atoms with Crippen LogP contribution in [0.2, 0.25) is 5.02 Å². The molecule has 0 radical (unpaired) electrons. The van der Waals surface area contributed by atoms with Gasteiger partial charge in [0.1, 0.15) is 0 Å². The third kappa shape index (κ3) is 5.04. The van der Waals surface area contributed by atoms with Gasteiger partial charge in [-0.3, -0.25) is 0 Å². The number of halogens is 1. The standard InChI is InChI=1S/C16H27ClN2/c1-6-18-10-14-7-8-15(9-16(14)17)19(13(4)5)11-12(2)3/h7-9,12-13,18H,6,10-11H2,1-5H3. The quantitative estimate of drug-likeness (QED) is 0.801. The molecule has 3 heteroatoms. The second-order valence-electron chi connectivity index (χ2n) is 5.70. The summed E-state index contributed by atoms with van der Waals surface area (Å²) in [6.45, 7) is 13.9. The van der Waals surface area contributed by atoms with Crippen LogP contribution in [0.25, 0.3) is 0 Å². The lowest BCUT2D eigenvalue weighted by molar-refractivity contribution is 0.571. The zero-order valence-electron chi connectivity index (χ0n) is 12.8. The SMILES string of the molecule is CCNCc1ccc(N(CC(C)C)C(C)C)cc1Cl. The molecule has 0 atom stereocenters. The summed E-state index contributed by atoms with van der Waals surface area (Å²) >= 11 is 6.38. The Morgan fingerprint density at radius 2 is 1.89 bits per heavy atom. The van der Waals surface area contributed by atoms with Crippen molar-refractivity contribution in [2.75, 3.05) is 18.0 Å². The molecule has 0 spiro atoms. The minimum absolute atomic E-state index is 0.484. The molecule has 108 valence electrons. The summed E-state index contributed by atoms with van der Waals surface area (Å²) in [4.78, 5) is 2.41. The van der Waals surface area contributed by atoms with Gasteiger partial charge in [0, 0.05) is 29.8 Å². The average Bonchev–Trinajstić information content (AvgIpc) is 2.34. The summed E-state index contributed by atoms with van der Waals surface area (Å²) < 4.78 is 0. The second kappa shape index (κ2) is 7.76. The Labute approximate surface area is 123 Å². The van der Waals surface area contributed by atoms with Crippen LogP contribution >= 0.6 is 11.6 Å². The van der Waals surface area contributed by atoms with Crippen LogP contribution in [0, 0.1) is 5.92 Å². The highest BCUT2D eigenvalue weighted by Gasteiger charge is 2.13. The molecule has 0 amide bonds. The van der Waals surface area contributed by atoms with Gasteiger partial charge in [-0.05, 0) is 44.0 Å². The summed E-state index contributed by atoms with van der Waals surface area (Å²) in [7, 11) is 0. The van der Waals surface area contributed by atoms with E-state index in [-0.39, 0.29) is 0 Å². The second-order valence-corrected chi connectivity index (χ2v) is 6.10. The maximum absolute atomic E-state index is 6.38. The van der Waals surface area contributed by atoms with E-state index in [4.69, 9.17) is 11.6 Å². The minimum Gasteiger partial charge on any atom is -0.369 e. The van der Waals surface area contributed by atoms with Crippen molar-refractivity contribution in [3.8, 4) is 0 Å². The molecule has 0 aliphatic heterocycles. The molecular weight excluding hydrogens is 256 g/mol. The van der Waals surface area contributed by atoms with Crippen molar-refractivity contribution < 1.29 is 0 Å². The van der Waals surface area contributed by atoms with Crippen LogP contribution in [-0.4, -0.2) is 19.1 Å². The van der Waals surface area contributed by atoms with Crippen LogP contribution < -0.4 is 10.2 Å². The highest BCUT2D eigenvalue weighted by molar-refractivity contribution is 6.31. The van der Waals surface area contributed by atoms with E-state index in [9.17, 15) is 0 Å². The molecule has 0 saturated heterocycles. The Morgan fingerprint density at radius 3 is 2.37 bits per heavy atom. The van der Waals surface area contributed by atoms with Gasteiger partial charge >= 0.3 is 0 Å². The van der Waals surface area contributed by atoms with E-state index in [2.05, 4.69) is 63.0 Å². The summed E-state index contributed by atoms with van der Waals surface area (Å²) in [6, 6.07) is 6.89. The van der Waals surface area contributed by atoms with Gasteiger partial charge in [0.25, 0.3) is 0 Å². The number of hydrogen-bond acceptors (Lipinski definition) is 2. The fourth-order valence-corrected chi connectivity index (χ4v) is 2.37. The molecule has 0 heterocycles. The van der Waals surface area contributed by atoms with E-state index in [1.807, 2.05) is 0 Å². The maximum atomic E-state index is 6.38. The van der Waals surface area contributed by atoms with Crippen LogP contribution in [-0.2, 0) is 6.54 Å². The van der Waals surface area contributed by atoms with Gasteiger partial charge in [-0.1, -0.05) is 38.4 Å². The third-order valence-electron chi connectivity index (χ3n) is 3.12. The Hall–Kier alpha value is -0.730. The summed E-state index contributed by atoms with van der Waals surface area (Å²) in [5, 5.41) is 4.17. The first-order valence-electron chi connectivity index (χ1n) is 7.21. The Balaban J connectivity index is 2.90. The molecule has 0 aliphatic rings. The average molecular weight is 283 g/mol. The fourth-order valence-electron chi connectivity index (χ4n) is 2.13. The molecule has 0 aromatic heterocycles. The zero-order valence-corrected chi connectivity index (χ0v) is 13.6. The lowest BCUT2D eigenvalue weighted by Gasteiger charge is -2.31. The Morgan fingerprint density at radius 1 is 1.21 bits per heavy atom. The number of benzene rings is 1. The number of nitrogens with zero attached hydrogens (tertiary/aromatic N) is 1. The van der Waals surface area contributed by atoms with Crippen molar-refractivity contribution in [3.63, 3.8) is 0 Å². The molecule has 1 aromatic rings. The molecule has 19 heavy (non-hydrogen) atoms. The van der Waals surface area contributed by atoms with Crippen molar-refractivity contribution in [1.82, 2.24) is 5.32 Å². The highest BCUT2D eigenvalue weighted by atomic mass is 35.5. The van der Waals surface area contributed by atoms with Crippen LogP contribution in [0.15, 0.2) is 18.2 Å². The van der Waals surface area contributed by atoms with Gasteiger partial charge in [0.2, 0.25) is 0 Å². The van der Waals surface area contributed by atoms with E-state index in [1.165, 1.54) is 11.3 Å². The molecule has 0 bridgehead atoms. The van der Waals surface area contributed by atoms with Gasteiger partial charge in [-0.2, -0.15) is 0 Å². The molecule has 0 saturated carbocycles. The van der Waals surface area contributed by atoms with Gasteiger partial charge in [0.05, 0.1) is 0 Å². The first kappa shape index (κ1) is 16.3. The molecule has 0 unspecified atom stereocenters. The first-order valence-corrected chi connectivity index (χ1v) is 7.59. The fraction of sp³-hybridized carbons (Fsp3) is 0.625. The summed E-state index contributed by atoms with van der Waals surface area (Å²) in [5.74, 6) is 0.641. The predicted molar refractivity (Wildman–Crippen MR) is 86.2 cm³/mol. The van der Waals surface area contributed by atoms with Gasteiger partial charge in [0.15, 0.2) is 0 Å². The molecule has 2 nitrogen and oxygen atoms in total. The minimum atomic E-state index is 0.484. The van der Waals surface area contributed by atoms with Crippen molar-refractivity contribution >= 4 is 17.3 Å². The third-order valence-corrected chi connectivity index (χ3v) is 3.47. The molecular formula is C16H27ClN2. The van der Waals surface area contributed by atoms with E-state index >= 15 is 0 Å².